The van der Waals surface area contributed by atoms with Crippen molar-refractivity contribution in [1.82, 2.24) is 14.5 Å². The summed E-state index contributed by atoms with van der Waals surface area (Å²) in [5.74, 6) is 2.08. The van der Waals surface area contributed by atoms with Crippen LogP contribution in [0, 0.1) is 0 Å². The van der Waals surface area contributed by atoms with Gasteiger partial charge in [0.05, 0.1) is 17.8 Å². The highest BCUT2D eigenvalue weighted by Crippen LogP contribution is 2.23. The van der Waals surface area contributed by atoms with Gasteiger partial charge in [0.1, 0.15) is 11.4 Å². The number of hydrogen-bond donors (Lipinski definition) is 0. The van der Waals surface area contributed by atoms with E-state index in [1.807, 2.05) is 23.1 Å². The number of sulfonamides is 1. The van der Waals surface area contributed by atoms with Gasteiger partial charge in [0.2, 0.25) is 10.0 Å². The highest BCUT2D eigenvalue weighted by Gasteiger charge is 2.29. The average Bonchev–Trinajstić information content (AvgIpc) is 3.35. The summed E-state index contributed by atoms with van der Waals surface area (Å²) < 4.78 is 38.5. The monoisotopic (exact) mass is 442 g/mol. The van der Waals surface area contributed by atoms with Crippen molar-refractivity contribution in [2.45, 2.75) is 24.7 Å². The number of benzene rings is 1. The van der Waals surface area contributed by atoms with E-state index in [4.69, 9.17) is 9.15 Å². The van der Waals surface area contributed by atoms with Crippen LogP contribution in [0.1, 0.15) is 19.8 Å². The quantitative estimate of drug-likeness (QED) is 0.494. The van der Waals surface area contributed by atoms with Crippen LogP contribution in [0.5, 0.6) is 5.75 Å². The molecule has 31 heavy (non-hydrogen) atoms. The second kappa shape index (κ2) is 9.49. The lowest BCUT2D eigenvalue weighted by molar-refractivity contribution is 0.309. The van der Waals surface area contributed by atoms with Crippen molar-refractivity contribution in [3.8, 4) is 17.2 Å². The minimum atomic E-state index is -3.54. The van der Waals surface area contributed by atoms with Crippen LogP contribution < -0.4 is 9.64 Å². The molecule has 1 fully saturated rings. The maximum absolute atomic E-state index is 13.0. The summed E-state index contributed by atoms with van der Waals surface area (Å²) in [4.78, 5) is 2.32. The Balaban J connectivity index is 1.36. The standard InChI is InChI=1S/C22H26N4O4S/c1-2-3-16-29-18-6-8-19(9-7-18)31(27,28)26-14-12-25(13-15-26)22-11-10-20(23-24-22)21-5-4-17-30-21/h4-11,17H,2-3,12-16H2,1H3. The lowest BCUT2D eigenvalue weighted by Crippen LogP contribution is -2.48. The van der Waals surface area contributed by atoms with Crippen LogP contribution in [0.3, 0.4) is 0 Å². The van der Waals surface area contributed by atoms with Gasteiger partial charge in [-0.15, -0.1) is 10.2 Å². The predicted molar refractivity (Wildman–Crippen MR) is 118 cm³/mol. The Morgan fingerprint density at radius 2 is 1.77 bits per heavy atom. The maximum Gasteiger partial charge on any atom is 0.243 e. The topological polar surface area (TPSA) is 88.8 Å². The summed E-state index contributed by atoms with van der Waals surface area (Å²) in [5.41, 5.74) is 0.664. The molecule has 0 bridgehead atoms. The number of hydrogen-bond acceptors (Lipinski definition) is 7. The van der Waals surface area contributed by atoms with Crippen LogP contribution in [0.15, 0.2) is 64.1 Å². The second-order valence-electron chi connectivity index (χ2n) is 7.32. The molecule has 9 heteroatoms. The molecule has 3 heterocycles. The van der Waals surface area contributed by atoms with Crippen LogP contribution >= 0.6 is 0 Å². The van der Waals surface area contributed by atoms with Gasteiger partial charge in [-0.1, -0.05) is 13.3 Å². The number of unbranched alkanes of at least 4 members (excludes halogenated alkanes) is 1. The van der Waals surface area contributed by atoms with Crippen molar-refractivity contribution in [2.75, 3.05) is 37.7 Å². The number of ether oxygens (including phenoxy) is 1. The predicted octanol–water partition coefficient (Wildman–Crippen LogP) is 3.43. The highest BCUT2D eigenvalue weighted by atomic mass is 32.2. The van der Waals surface area contributed by atoms with E-state index in [1.165, 1.54) is 4.31 Å². The van der Waals surface area contributed by atoms with Crippen LogP contribution in [-0.4, -0.2) is 55.7 Å². The minimum absolute atomic E-state index is 0.284. The van der Waals surface area contributed by atoms with Crippen LogP contribution in [0.25, 0.3) is 11.5 Å². The summed E-state index contributed by atoms with van der Waals surface area (Å²) in [6, 6.07) is 14.0. The largest absolute Gasteiger partial charge is 0.494 e. The zero-order valence-corrected chi connectivity index (χ0v) is 18.3. The molecular weight excluding hydrogens is 416 g/mol. The molecule has 2 aromatic heterocycles. The van der Waals surface area contributed by atoms with Gasteiger partial charge in [-0.2, -0.15) is 4.31 Å². The van der Waals surface area contributed by atoms with Gasteiger partial charge in [0.25, 0.3) is 0 Å². The van der Waals surface area contributed by atoms with Gasteiger partial charge in [-0.25, -0.2) is 8.42 Å². The Bertz CT molecular complexity index is 1060. The van der Waals surface area contributed by atoms with E-state index < -0.39 is 10.0 Å². The van der Waals surface area contributed by atoms with Gasteiger partial charge >= 0.3 is 0 Å². The van der Waals surface area contributed by atoms with Gasteiger partial charge in [0, 0.05) is 26.2 Å². The summed E-state index contributed by atoms with van der Waals surface area (Å²) in [5, 5.41) is 8.50. The van der Waals surface area contributed by atoms with Crippen molar-refractivity contribution in [3.05, 3.63) is 54.8 Å². The van der Waals surface area contributed by atoms with Crippen LogP contribution in [-0.2, 0) is 10.0 Å². The van der Waals surface area contributed by atoms with Gasteiger partial charge in [0.15, 0.2) is 11.6 Å². The summed E-state index contributed by atoms with van der Waals surface area (Å²) in [6.07, 6.45) is 3.62. The molecule has 4 rings (SSSR count). The van der Waals surface area contributed by atoms with E-state index in [9.17, 15) is 8.42 Å². The number of anilines is 1. The number of nitrogens with zero attached hydrogens (tertiary/aromatic N) is 4. The lowest BCUT2D eigenvalue weighted by atomic mass is 10.3. The molecule has 0 radical (unpaired) electrons. The second-order valence-corrected chi connectivity index (χ2v) is 9.26. The fourth-order valence-corrected chi connectivity index (χ4v) is 4.82. The maximum atomic E-state index is 13.0. The van der Waals surface area contributed by atoms with E-state index in [0.717, 1.165) is 18.7 Å². The molecule has 1 saturated heterocycles. The molecule has 1 aliphatic heterocycles. The van der Waals surface area contributed by atoms with Gasteiger partial charge in [-0.05, 0) is 55.0 Å². The molecule has 0 N–H and O–H groups in total. The first kappa shape index (κ1) is 21.3. The molecule has 1 aromatic carbocycles. The Hall–Kier alpha value is -2.91. The molecular formula is C22H26N4O4S. The molecule has 0 spiro atoms. The molecule has 164 valence electrons. The summed E-state index contributed by atoms with van der Waals surface area (Å²) >= 11 is 0. The molecule has 3 aromatic rings. The first-order valence-electron chi connectivity index (χ1n) is 10.4. The van der Waals surface area contributed by atoms with Crippen molar-refractivity contribution < 1.29 is 17.6 Å². The first-order valence-corrected chi connectivity index (χ1v) is 11.9. The highest BCUT2D eigenvalue weighted by molar-refractivity contribution is 7.89. The van der Waals surface area contributed by atoms with E-state index in [0.29, 0.717) is 50.0 Å². The average molecular weight is 443 g/mol. The molecule has 8 nitrogen and oxygen atoms in total. The molecule has 1 aliphatic rings. The Morgan fingerprint density at radius 1 is 1.00 bits per heavy atom. The molecule has 0 saturated carbocycles. The van der Waals surface area contributed by atoms with Crippen molar-refractivity contribution in [1.29, 1.82) is 0 Å². The van der Waals surface area contributed by atoms with Crippen LogP contribution in [0.4, 0.5) is 5.82 Å². The fraction of sp³-hybridized carbons (Fsp3) is 0.364. The first-order chi connectivity index (χ1) is 15.1. The number of rotatable bonds is 8. The SMILES string of the molecule is CCCCOc1ccc(S(=O)(=O)N2CCN(c3ccc(-c4ccco4)nn3)CC2)cc1. The fourth-order valence-electron chi connectivity index (χ4n) is 3.40. The van der Waals surface area contributed by atoms with E-state index in [2.05, 4.69) is 17.1 Å². The van der Waals surface area contributed by atoms with Crippen molar-refractivity contribution in [2.24, 2.45) is 0 Å². The third-order valence-electron chi connectivity index (χ3n) is 5.21. The van der Waals surface area contributed by atoms with Crippen LogP contribution in [0.2, 0.25) is 0 Å². The zero-order valence-electron chi connectivity index (χ0n) is 17.5. The number of furan rings is 1. The molecule has 0 atom stereocenters. The van der Waals surface area contributed by atoms with Crippen molar-refractivity contribution >= 4 is 15.8 Å². The minimum Gasteiger partial charge on any atom is -0.494 e. The smallest absolute Gasteiger partial charge is 0.243 e. The summed E-state index contributed by atoms with van der Waals surface area (Å²) in [6.45, 7) is 4.60. The Morgan fingerprint density at radius 3 is 2.39 bits per heavy atom. The Labute approximate surface area is 182 Å². The van der Waals surface area contributed by atoms with E-state index in [-0.39, 0.29) is 4.90 Å². The zero-order chi connectivity index (χ0) is 21.7. The van der Waals surface area contributed by atoms with Gasteiger partial charge in [-0.3, -0.25) is 0 Å². The van der Waals surface area contributed by atoms with E-state index >= 15 is 0 Å². The molecule has 0 unspecified atom stereocenters. The Kier molecular flexibility index (Phi) is 6.53. The summed E-state index contributed by atoms with van der Waals surface area (Å²) in [7, 11) is -3.54. The number of aromatic nitrogens is 2. The van der Waals surface area contributed by atoms with E-state index in [1.54, 1.807) is 36.6 Å². The third-order valence-corrected chi connectivity index (χ3v) is 7.13. The van der Waals surface area contributed by atoms with Crippen molar-refractivity contribution in [3.63, 3.8) is 0 Å². The molecule has 0 aliphatic carbocycles. The number of piperazine rings is 1. The van der Waals surface area contributed by atoms with Gasteiger partial charge < -0.3 is 14.1 Å². The molecule has 0 amide bonds. The third kappa shape index (κ3) is 4.88. The lowest BCUT2D eigenvalue weighted by Gasteiger charge is -2.34. The normalized spacial score (nSPS) is 15.2.